The molecule has 31 heavy (non-hydrogen) atoms. The van der Waals surface area contributed by atoms with Crippen molar-refractivity contribution in [3.8, 4) is 11.5 Å². The fourth-order valence-corrected chi connectivity index (χ4v) is 3.98. The molecule has 2 rings (SSSR count). The summed E-state index contributed by atoms with van der Waals surface area (Å²) in [4.78, 5) is 29.8. The summed E-state index contributed by atoms with van der Waals surface area (Å²) in [5, 5.41) is 10.9. The Hall–Kier alpha value is -2.83. The van der Waals surface area contributed by atoms with Crippen LogP contribution in [0, 0.1) is 11.3 Å². The third kappa shape index (κ3) is 5.46. The van der Waals surface area contributed by atoms with Crippen LogP contribution in [0.1, 0.15) is 45.6 Å². The maximum Gasteiger partial charge on any atom is 0.316 e. The third-order valence-electron chi connectivity index (χ3n) is 5.57. The summed E-state index contributed by atoms with van der Waals surface area (Å²) in [7, 11) is 4.46. The highest BCUT2D eigenvalue weighted by molar-refractivity contribution is 6.24. The third-order valence-corrected chi connectivity index (χ3v) is 5.57. The van der Waals surface area contributed by atoms with Crippen molar-refractivity contribution in [2.24, 2.45) is 16.3 Å². The van der Waals surface area contributed by atoms with E-state index in [9.17, 15) is 14.7 Å². The highest BCUT2D eigenvalue weighted by atomic mass is 16.5. The van der Waals surface area contributed by atoms with Crippen LogP contribution >= 0.6 is 0 Å². The number of Topliss-reactive ketones (excluding diaryl/α,β-unsaturated/α-hetero) is 1. The number of nitrogens with zero attached hydrogens (tertiary/aromatic N) is 1. The maximum atomic E-state index is 12.8. The van der Waals surface area contributed by atoms with Gasteiger partial charge in [-0.15, -0.1) is 0 Å². The molecule has 1 aromatic carbocycles. The van der Waals surface area contributed by atoms with Gasteiger partial charge in [0.15, 0.2) is 17.3 Å². The van der Waals surface area contributed by atoms with Gasteiger partial charge in [0.2, 0.25) is 0 Å². The molecule has 0 spiro atoms. The summed E-state index contributed by atoms with van der Waals surface area (Å²) < 4.78 is 15.5. The molecular formula is C24H33NO6. The molecule has 0 fully saturated rings. The number of benzene rings is 1. The number of carbonyl (C=O) groups is 2. The molecule has 1 aromatic rings. The summed E-state index contributed by atoms with van der Waals surface area (Å²) in [6.07, 6.45) is 1.94. The minimum atomic E-state index is -0.891. The molecule has 1 atom stereocenters. The van der Waals surface area contributed by atoms with Crippen molar-refractivity contribution in [2.45, 2.75) is 46.5 Å². The summed E-state index contributed by atoms with van der Waals surface area (Å²) in [6.45, 7) is 6.07. The van der Waals surface area contributed by atoms with Gasteiger partial charge in [0.1, 0.15) is 11.7 Å². The summed E-state index contributed by atoms with van der Waals surface area (Å²) in [5.41, 5.74) is 1.10. The molecule has 0 aromatic heterocycles. The number of allylic oxidation sites excluding steroid dienone is 1. The standard InChI is InChI=1S/C24H33NO6/c1-7-8-17(26)20-16(14-24(2,3)21(22(20)27)23(28)31-6)25-12-11-15-9-10-18(29-4)19(13-15)30-5/h9-10,13,21,27H,7-8,11-12,14H2,1-6H3/t21-/m0/s1. The number of esters is 1. The Bertz CT molecular complexity index is 884. The van der Waals surface area contributed by atoms with Gasteiger partial charge in [-0.05, 0) is 42.4 Å². The molecule has 1 aliphatic carbocycles. The van der Waals surface area contributed by atoms with Crippen molar-refractivity contribution in [3.63, 3.8) is 0 Å². The lowest BCUT2D eigenvalue weighted by Crippen LogP contribution is -2.42. The molecule has 0 aliphatic heterocycles. The topological polar surface area (TPSA) is 94.4 Å². The molecule has 1 aliphatic rings. The number of ether oxygens (including phenoxy) is 3. The van der Waals surface area contributed by atoms with E-state index >= 15 is 0 Å². The van der Waals surface area contributed by atoms with Gasteiger partial charge in [-0.1, -0.05) is 26.8 Å². The van der Waals surface area contributed by atoms with Crippen LogP contribution in [0.2, 0.25) is 0 Å². The fourth-order valence-electron chi connectivity index (χ4n) is 3.98. The molecule has 0 amide bonds. The van der Waals surface area contributed by atoms with Crippen LogP contribution in [-0.2, 0) is 20.7 Å². The first-order chi connectivity index (χ1) is 14.7. The second-order valence-corrected chi connectivity index (χ2v) is 8.32. The number of aliphatic hydroxyl groups is 1. The molecule has 7 nitrogen and oxygen atoms in total. The van der Waals surface area contributed by atoms with E-state index in [1.807, 2.05) is 39.0 Å². The quantitative estimate of drug-likeness (QED) is 0.592. The van der Waals surface area contributed by atoms with E-state index in [1.54, 1.807) is 14.2 Å². The average molecular weight is 432 g/mol. The number of ketones is 1. The molecule has 0 unspecified atom stereocenters. The average Bonchev–Trinajstić information content (AvgIpc) is 2.72. The van der Waals surface area contributed by atoms with E-state index < -0.39 is 17.3 Å². The highest BCUT2D eigenvalue weighted by Gasteiger charge is 2.47. The molecular weight excluding hydrogens is 398 g/mol. The van der Waals surface area contributed by atoms with Crippen molar-refractivity contribution in [1.82, 2.24) is 0 Å². The lowest BCUT2D eigenvalue weighted by Gasteiger charge is -2.37. The van der Waals surface area contributed by atoms with Crippen LogP contribution in [0.4, 0.5) is 0 Å². The number of hydrogen-bond donors (Lipinski definition) is 1. The largest absolute Gasteiger partial charge is 0.511 e. The van der Waals surface area contributed by atoms with Gasteiger partial charge in [0.25, 0.3) is 0 Å². The predicted octanol–water partition coefficient (Wildman–Crippen LogP) is 4.09. The number of rotatable bonds is 9. The molecule has 7 heteroatoms. The van der Waals surface area contributed by atoms with Crippen LogP contribution in [0.5, 0.6) is 11.5 Å². The van der Waals surface area contributed by atoms with Crippen LogP contribution in [0.25, 0.3) is 0 Å². The Labute approximate surface area is 184 Å². The SMILES string of the molecule is CCCC(=O)C1=C(O)[C@@H](C(=O)OC)C(C)(C)CC1=NCCc1ccc(OC)c(OC)c1. The summed E-state index contributed by atoms with van der Waals surface area (Å²) in [6, 6.07) is 5.68. The molecule has 0 bridgehead atoms. The zero-order valence-corrected chi connectivity index (χ0v) is 19.3. The van der Waals surface area contributed by atoms with Crippen molar-refractivity contribution in [2.75, 3.05) is 27.9 Å². The van der Waals surface area contributed by atoms with E-state index in [1.165, 1.54) is 7.11 Å². The molecule has 170 valence electrons. The van der Waals surface area contributed by atoms with Gasteiger partial charge in [-0.25, -0.2) is 0 Å². The molecule has 0 heterocycles. The van der Waals surface area contributed by atoms with Crippen LogP contribution < -0.4 is 9.47 Å². The monoisotopic (exact) mass is 431 g/mol. The van der Waals surface area contributed by atoms with Gasteiger partial charge < -0.3 is 19.3 Å². The summed E-state index contributed by atoms with van der Waals surface area (Å²) in [5.74, 6) is -0.572. The minimum Gasteiger partial charge on any atom is -0.511 e. The Kier molecular flexibility index (Phi) is 8.25. The first-order valence-electron chi connectivity index (χ1n) is 10.5. The van der Waals surface area contributed by atoms with E-state index in [-0.39, 0.29) is 23.5 Å². The van der Waals surface area contributed by atoms with Crippen LogP contribution in [0.3, 0.4) is 0 Å². The van der Waals surface area contributed by atoms with Crippen molar-refractivity contribution >= 4 is 17.5 Å². The van der Waals surface area contributed by atoms with E-state index in [0.29, 0.717) is 43.0 Å². The zero-order valence-electron chi connectivity index (χ0n) is 19.3. The number of aliphatic imine (C=N–C) groups is 1. The predicted molar refractivity (Wildman–Crippen MR) is 119 cm³/mol. The van der Waals surface area contributed by atoms with E-state index in [2.05, 4.69) is 4.99 Å². The molecule has 0 saturated carbocycles. The number of aliphatic hydroxyl groups excluding tert-OH is 1. The maximum absolute atomic E-state index is 12.8. The lowest BCUT2D eigenvalue weighted by atomic mass is 9.67. The van der Waals surface area contributed by atoms with Gasteiger partial charge >= 0.3 is 5.97 Å². The molecule has 1 N–H and O–H groups in total. The number of carbonyl (C=O) groups excluding carboxylic acids is 2. The Balaban J connectivity index is 2.36. The zero-order chi connectivity index (χ0) is 23.2. The van der Waals surface area contributed by atoms with Crippen molar-refractivity contribution in [1.29, 1.82) is 0 Å². The smallest absolute Gasteiger partial charge is 0.316 e. The van der Waals surface area contributed by atoms with E-state index in [0.717, 1.165) is 5.56 Å². The van der Waals surface area contributed by atoms with E-state index in [4.69, 9.17) is 14.2 Å². The van der Waals surface area contributed by atoms with Crippen molar-refractivity contribution < 1.29 is 28.9 Å². The Morgan fingerprint density at radius 1 is 1.16 bits per heavy atom. The second kappa shape index (κ2) is 10.5. The van der Waals surface area contributed by atoms with Gasteiger partial charge in [0, 0.05) is 18.7 Å². The van der Waals surface area contributed by atoms with Crippen molar-refractivity contribution in [3.05, 3.63) is 35.1 Å². The molecule has 0 saturated heterocycles. The summed E-state index contributed by atoms with van der Waals surface area (Å²) >= 11 is 0. The number of methoxy groups -OCH3 is 3. The van der Waals surface area contributed by atoms with Gasteiger partial charge in [-0.2, -0.15) is 0 Å². The first-order valence-corrected chi connectivity index (χ1v) is 10.5. The van der Waals surface area contributed by atoms with Gasteiger partial charge in [0.05, 0.1) is 26.9 Å². The minimum absolute atomic E-state index is 0.170. The van der Waals surface area contributed by atoms with Gasteiger partial charge in [-0.3, -0.25) is 14.6 Å². The molecule has 0 radical (unpaired) electrons. The number of hydrogen-bond acceptors (Lipinski definition) is 7. The Morgan fingerprint density at radius 3 is 2.42 bits per heavy atom. The Morgan fingerprint density at radius 2 is 1.84 bits per heavy atom. The van der Waals surface area contributed by atoms with Crippen LogP contribution in [-0.4, -0.2) is 50.4 Å². The normalized spacial score (nSPS) is 19.3. The fraction of sp³-hybridized carbons (Fsp3) is 0.542. The lowest BCUT2D eigenvalue weighted by molar-refractivity contribution is -0.149. The highest BCUT2D eigenvalue weighted by Crippen LogP contribution is 2.43. The van der Waals surface area contributed by atoms with Crippen LogP contribution in [0.15, 0.2) is 34.5 Å². The second-order valence-electron chi connectivity index (χ2n) is 8.32. The first kappa shape index (κ1) is 24.4.